The van der Waals surface area contributed by atoms with E-state index in [9.17, 15) is 0 Å². The summed E-state index contributed by atoms with van der Waals surface area (Å²) in [6.45, 7) is 11.5. The molecule has 1 aromatic rings. The predicted octanol–water partition coefficient (Wildman–Crippen LogP) is 3.50. The first-order chi connectivity index (χ1) is 10.2. The van der Waals surface area contributed by atoms with Gasteiger partial charge in [0.15, 0.2) is 0 Å². The predicted molar refractivity (Wildman–Crippen MR) is 90.0 cm³/mol. The van der Waals surface area contributed by atoms with Crippen molar-refractivity contribution >= 4 is 5.69 Å². The van der Waals surface area contributed by atoms with Gasteiger partial charge in [-0.25, -0.2) is 0 Å². The molecular weight excluding hydrogens is 260 g/mol. The van der Waals surface area contributed by atoms with Crippen molar-refractivity contribution in [1.82, 2.24) is 5.32 Å². The Balaban J connectivity index is 2.08. The van der Waals surface area contributed by atoms with Gasteiger partial charge < -0.3 is 15.0 Å². The second kappa shape index (κ2) is 8.40. The molecule has 0 spiro atoms. The average Bonchev–Trinajstić information content (AvgIpc) is 2.51. The van der Waals surface area contributed by atoms with Crippen LogP contribution in [0.25, 0.3) is 0 Å². The van der Waals surface area contributed by atoms with Crippen LogP contribution in [0, 0.1) is 6.92 Å². The SMILES string of the molecule is CCCOC1CCCN(c2ccc(C)cc2CNCC)C1. The van der Waals surface area contributed by atoms with Gasteiger partial charge in [-0.15, -0.1) is 0 Å². The van der Waals surface area contributed by atoms with Crippen LogP contribution >= 0.6 is 0 Å². The number of nitrogens with zero attached hydrogens (tertiary/aromatic N) is 1. The van der Waals surface area contributed by atoms with Crippen molar-refractivity contribution in [1.29, 1.82) is 0 Å². The van der Waals surface area contributed by atoms with E-state index in [2.05, 4.69) is 49.2 Å². The number of aryl methyl sites for hydroxylation is 1. The number of ether oxygens (including phenoxy) is 1. The summed E-state index contributed by atoms with van der Waals surface area (Å²) in [5.74, 6) is 0. The van der Waals surface area contributed by atoms with Gasteiger partial charge >= 0.3 is 0 Å². The van der Waals surface area contributed by atoms with Crippen molar-refractivity contribution in [3.05, 3.63) is 29.3 Å². The van der Waals surface area contributed by atoms with Gasteiger partial charge in [-0.3, -0.25) is 0 Å². The highest BCUT2D eigenvalue weighted by Gasteiger charge is 2.22. The Morgan fingerprint density at radius 1 is 1.33 bits per heavy atom. The van der Waals surface area contributed by atoms with Crippen LogP contribution in [-0.2, 0) is 11.3 Å². The van der Waals surface area contributed by atoms with Crippen LogP contribution < -0.4 is 10.2 Å². The zero-order valence-corrected chi connectivity index (χ0v) is 13.8. The van der Waals surface area contributed by atoms with Gasteiger partial charge in [0.1, 0.15) is 0 Å². The molecule has 0 bridgehead atoms. The zero-order chi connectivity index (χ0) is 15.1. The van der Waals surface area contributed by atoms with Gasteiger partial charge in [-0.2, -0.15) is 0 Å². The van der Waals surface area contributed by atoms with Gasteiger partial charge in [-0.1, -0.05) is 31.5 Å². The normalized spacial score (nSPS) is 19.0. The molecule has 118 valence electrons. The quantitative estimate of drug-likeness (QED) is 0.832. The van der Waals surface area contributed by atoms with E-state index >= 15 is 0 Å². The van der Waals surface area contributed by atoms with E-state index in [1.54, 1.807) is 0 Å². The zero-order valence-electron chi connectivity index (χ0n) is 13.8. The number of benzene rings is 1. The number of hydrogen-bond acceptors (Lipinski definition) is 3. The molecule has 1 aliphatic rings. The third-order valence-corrected chi connectivity index (χ3v) is 4.08. The molecule has 1 unspecified atom stereocenters. The lowest BCUT2D eigenvalue weighted by atomic mass is 10.0. The van der Waals surface area contributed by atoms with Gasteiger partial charge in [0, 0.05) is 31.9 Å². The number of piperidine rings is 1. The first-order valence-electron chi connectivity index (χ1n) is 8.41. The molecule has 0 radical (unpaired) electrons. The Labute approximate surface area is 129 Å². The smallest absolute Gasteiger partial charge is 0.0750 e. The average molecular weight is 290 g/mol. The molecule has 0 saturated carbocycles. The molecule has 1 saturated heterocycles. The Kier molecular flexibility index (Phi) is 6.52. The molecule has 3 nitrogen and oxygen atoms in total. The Morgan fingerprint density at radius 2 is 2.19 bits per heavy atom. The summed E-state index contributed by atoms with van der Waals surface area (Å²) < 4.78 is 5.97. The van der Waals surface area contributed by atoms with Crippen LogP contribution in [0.5, 0.6) is 0 Å². The highest BCUT2D eigenvalue weighted by molar-refractivity contribution is 5.55. The van der Waals surface area contributed by atoms with E-state index < -0.39 is 0 Å². The summed E-state index contributed by atoms with van der Waals surface area (Å²) in [6, 6.07) is 6.82. The molecule has 0 aromatic heterocycles. The third-order valence-electron chi connectivity index (χ3n) is 4.08. The lowest BCUT2D eigenvalue weighted by Gasteiger charge is -2.35. The monoisotopic (exact) mass is 290 g/mol. The molecule has 1 aromatic carbocycles. The van der Waals surface area contributed by atoms with Crippen molar-refractivity contribution in [3.8, 4) is 0 Å². The van der Waals surface area contributed by atoms with Crippen LogP contribution in [0.15, 0.2) is 18.2 Å². The maximum atomic E-state index is 5.97. The summed E-state index contributed by atoms with van der Waals surface area (Å²) in [6.07, 6.45) is 3.92. The topological polar surface area (TPSA) is 24.5 Å². The minimum absolute atomic E-state index is 0.395. The number of anilines is 1. The maximum Gasteiger partial charge on any atom is 0.0750 e. The molecule has 21 heavy (non-hydrogen) atoms. The first kappa shape index (κ1) is 16.3. The van der Waals surface area contributed by atoms with Crippen LogP contribution in [0.4, 0.5) is 5.69 Å². The second-order valence-corrected chi connectivity index (χ2v) is 5.99. The van der Waals surface area contributed by atoms with E-state index in [-0.39, 0.29) is 0 Å². The fourth-order valence-corrected chi connectivity index (χ4v) is 3.00. The van der Waals surface area contributed by atoms with Gasteiger partial charge in [0.2, 0.25) is 0 Å². The Hall–Kier alpha value is -1.06. The number of nitrogens with one attached hydrogen (secondary N) is 1. The van der Waals surface area contributed by atoms with E-state index in [1.807, 2.05) is 0 Å². The maximum absolute atomic E-state index is 5.97. The standard InChI is InChI=1S/C18H30N2O/c1-4-11-21-17-7-6-10-20(14-17)18-9-8-15(3)12-16(18)13-19-5-2/h8-9,12,17,19H,4-7,10-11,13-14H2,1-3H3. The summed E-state index contributed by atoms with van der Waals surface area (Å²) >= 11 is 0. The molecule has 0 aliphatic carbocycles. The molecular formula is C18H30N2O. The van der Waals surface area contributed by atoms with E-state index in [0.717, 1.165) is 39.2 Å². The molecule has 3 heteroatoms. The van der Waals surface area contributed by atoms with Gasteiger partial charge in [-0.05, 0) is 44.4 Å². The van der Waals surface area contributed by atoms with Crippen molar-refractivity contribution < 1.29 is 4.74 Å². The van der Waals surface area contributed by atoms with E-state index in [0.29, 0.717) is 6.10 Å². The Bertz CT molecular complexity index is 433. The van der Waals surface area contributed by atoms with Gasteiger partial charge in [0.25, 0.3) is 0 Å². The summed E-state index contributed by atoms with van der Waals surface area (Å²) in [5.41, 5.74) is 4.13. The fourth-order valence-electron chi connectivity index (χ4n) is 3.00. The van der Waals surface area contributed by atoms with E-state index in [1.165, 1.54) is 29.7 Å². The number of rotatable bonds is 7. The minimum atomic E-state index is 0.395. The highest BCUT2D eigenvalue weighted by Crippen LogP contribution is 2.26. The third kappa shape index (κ3) is 4.72. The van der Waals surface area contributed by atoms with Crippen molar-refractivity contribution in [3.63, 3.8) is 0 Å². The summed E-state index contributed by atoms with van der Waals surface area (Å²) in [7, 11) is 0. The molecule has 1 aliphatic heterocycles. The van der Waals surface area contributed by atoms with Crippen LogP contribution in [0.1, 0.15) is 44.2 Å². The summed E-state index contributed by atoms with van der Waals surface area (Å²) in [5, 5.41) is 3.46. The minimum Gasteiger partial charge on any atom is -0.376 e. The van der Waals surface area contributed by atoms with Gasteiger partial charge in [0.05, 0.1) is 6.10 Å². The number of hydrogen-bond donors (Lipinski definition) is 1. The molecule has 0 amide bonds. The molecule has 1 heterocycles. The second-order valence-electron chi connectivity index (χ2n) is 5.99. The van der Waals surface area contributed by atoms with Crippen molar-refractivity contribution in [2.24, 2.45) is 0 Å². The van der Waals surface area contributed by atoms with E-state index in [4.69, 9.17) is 4.74 Å². The van der Waals surface area contributed by atoms with Crippen LogP contribution in [0.3, 0.4) is 0 Å². The Morgan fingerprint density at radius 3 is 2.95 bits per heavy atom. The molecule has 2 rings (SSSR count). The van der Waals surface area contributed by atoms with Crippen LogP contribution in [-0.4, -0.2) is 32.3 Å². The molecule has 1 atom stereocenters. The molecule has 1 N–H and O–H groups in total. The largest absolute Gasteiger partial charge is 0.376 e. The molecule has 1 fully saturated rings. The summed E-state index contributed by atoms with van der Waals surface area (Å²) in [4.78, 5) is 2.51. The van der Waals surface area contributed by atoms with Crippen molar-refractivity contribution in [2.45, 2.75) is 52.7 Å². The lowest BCUT2D eigenvalue weighted by molar-refractivity contribution is 0.0440. The first-order valence-corrected chi connectivity index (χ1v) is 8.41. The fraction of sp³-hybridized carbons (Fsp3) is 0.667. The van der Waals surface area contributed by atoms with Crippen LogP contribution in [0.2, 0.25) is 0 Å². The highest BCUT2D eigenvalue weighted by atomic mass is 16.5. The van der Waals surface area contributed by atoms with Crippen molar-refractivity contribution in [2.75, 3.05) is 31.1 Å². The lowest BCUT2D eigenvalue weighted by Crippen LogP contribution is -2.40.